The van der Waals surface area contributed by atoms with Gasteiger partial charge < -0.3 is 15.0 Å². The molecule has 8 nitrogen and oxygen atoms in total. The lowest BCUT2D eigenvalue weighted by Crippen LogP contribution is -2.51. The van der Waals surface area contributed by atoms with E-state index in [-0.39, 0.29) is 12.5 Å². The number of nitrogens with one attached hydrogen (secondary N) is 1. The van der Waals surface area contributed by atoms with E-state index >= 15 is 0 Å². The molecule has 10 heteroatoms. The standard InChI is InChI=1S/C29H34BrN3O5S/c1-4-17-31-29(35)22(2)32(19-24-11-8-12-25(30)18-24)28(34)20-33(39(3,36)37)26-13-15-27(16-14-26)38-21-23-9-6-5-7-10-23/h5-16,18,22H,4,17,19-21H2,1-3H3,(H,31,35). The predicted molar refractivity (Wildman–Crippen MR) is 157 cm³/mol. The van der Waals surface area contributed by atoms with E-state index in [4.69, 9.17) is 4.74 Å². The smallest absolute Gasteiger partial charge is 0.244 e. The van der Waals surface area contributed by atoms with Gasteiger partial charge in [-0.3, -0.25) is 13.9 Å². The zero-order valence-corrected chi connectivity index (χ0v) is 24.7. The highest BCUT2D eigenvalue weighted by Gasteiger charge is 2.30. The summed E-state index contributed by atoms with van der Waals surface area (Å²) in [5.74, 6) is -0.227. The Morgan fingerprint density at radius 2 is 1.64 bits per heavy atom. The molecule has 0 heterocycles. The lowest BCUT2D eigenvalue weighted by atomic mass is 10.1. The Morgan fingerprint density at radius 1 is 0.974 bits per heavy atom. The van der Waals surface area contributed by atoms with Gasteiger partial charge in [-0.05, 0) is 60.9 Å². The molecule has 1 atom stereocenters. The van der Waals surface area contributed by atoms with Gasteiger partial charge in [0.05, 0.1) is 11.9 Å². The number of hydrogen-bond donors (Lipinski definition) is 1. The van der Waals surface area contributed by atoms with Crippen LogP contribution in [0.1, 0.15) is 31.4 Å². The number of nitrogens with zero attached hydrogens (tertiary/aromatic N) is 2. The highest BCUT2D eigenvalue weighted by atomic mass is 79.9. The van der Waals surface area contributed by atoms with Crippen molar-refractivity contribution in [1.29, 1.82) is 0 Å². The fraction of sp³-hybridized carbons (Fsp3) is 0.310. The zero-order chi connectivity index (χ0) is 28.4. The van der Waals surface area contributed by atoms with Crippen LogP contribution in [0.3, 0.4) is 0 Å². The molecular weight excluding hydrogens is 582 g/mol. The highest BCUT2D eigenvalue weighted by Crippen LogP contribution is 2.23. The number of sulfonamides is 1. The second kappa shape index (κ2) is 14.1. The Kier molecular flexibility index (Phi) is 10.9. The Labute approximate surface area is 239 Å². The SMILES string of the molecule is CCCNC(=O)C(C)N(Cc1cccc(Br)c1)C(=O)CN(c1ccc(OCc2ccccc2)cc1)S(C)(=O)=O. The summed E-state index contributed by atoms with van der Waals surface area (Å²) >= 11 is 3.44. The summed E-state index contributed by atoms with van der Waals surface area (Å²) in [5.41, 5.74) is 2.13. The number of benzene rings is 3. The van der Waals surface area contributed by atoms with Crippen molar-refractivity contribution >= 4 is 43.5 Å². The number of carbonyl (C=O) groups is 2. The summed E-state index contributed by atoms with van der Waals surface area (Å²) in [6.45, 7) is 4.13. The summed E-state index contributed by atoms with van der Waals surface area (Å²) in [6, 6.07) is 22.8. The average molecular weight is 617 g/mol. The summed E-state index contributed by atoms with van der Waals surface area (Å²) < 4.78 is 33.2. The van der Waals surface area contributed by atoms with E-state index in [0.717, 1.165) is 32.6 Å². The van der Waals surface area contributed by atoms with Gasteiger partial charge >= 0.3 is 0 Å². The summed E-state index contributed by atoms with van der Waals surface area (Å²) in [5, 5.41) is 2.82. The van der Waals surface area contributed by atoms with Crippen LogP contribution in [0.25, 0.3) is 0 Å². The highest BCUT2D eigenvalue weighted by molar-refractivity contribution is 9.10. The molecule has 0 spiro atoms. The van der Waals surface area contributed by atoms with Crippen LogP contribution in [0.15, 0.2) is 83.3 Å². The van der Waals surface area contributed by atoms with Crippen molar-refractivity contribution in [2.75, 3.05) is 23.7 Å². The van der Waals surface area contributed by atoms with Gasteiger partial charge in [0.15, 0.2) is 0 Å². The number of anilines is 1. The van der Waals surface area contributed by atoms with Gasteiger partial charge in [-0.15, -0.1) is 0 Å². The number of hydrogen-bond acceptors (Lipinski definition) is 5. The molecule has 0 saturated heterocycles. The van der Waals surface area contributed by atoms with Crippen LogP contribution in [-0.4, -0.2) is 50.5 Å². The van der Waals surface area contributed by atoms with E-state index in [1.165, 1.54) is 4.90 Å². The lowest BCUT2D eigenvalue weighted by Gasteiger charge is -2.31. The Hall–Kier alpha value is -3.37. The number of amides is 2. The number of rotatable bonds is 13. The Bertz CT molecular complexity index is 1350. The first kappa shape index (κ1) is 30.2. The molecule has 0 aliphatic heterocycles. The number of ether oxygens (including phenoxy) is 1. The van der Waals surface area contributed by atoms with Gasteiger partial charge in [0.2, 0.25) is 21.8 Å². The van der Waals surface area contributed by atoms with Crippen LogP contribution in [0.2, 0.25) is 0 Å². The Balaban J connectivity index is 1.81. The molecule has 0 radical (unpaired) electrons. The van der Waals surface area contributed by atoms with E-state index in [0.29, 0.717) is 24.6 Å². The largest absolute Gasteiger partial charge is 0.489 e. The summed E-state index contributed by atoms with van der Waals surface area (Å²) in [6.07, 6.45) is 1.81. The zero-order valence-electron chi connectivity index (χ0n) is 22.3. The predicted octanol–water partition coefficient (Wildman–Crippen LogP) is 4.74. The van der Waals surface area contributed by atoms with Crippen LogP contribution < -0.4 is 14.4 Å². The van der Waals surface area contributed by atoms with Crippen LogP contribution in [-0.2, 0) is 32.8 Å². The fourth-order valence-electron chi connectivity index (χ4n) is 3.87. The average Bonchev–Trinajstić information content (AvgIpc) is 2.92. The molecule has 0 aliphatic carbocycles. The molecule has 208 valence electrons. The maximum atomic E-state index is 13.6. The van der Waals surface area contributed by atoms with Crippen LogP contribution >= 0.6 is 15.9 Å². The van der Waals surface area contributed by atoms with Gasteiger partial charge in [0.25, 0.3) is 0 Å². The van der Waals surface area contributed by atoms with Crippen molar-refractivity contribution in [3.8, 4) is 5.75 Å². The maximum Gasteiger partial charge on any atom is 0.244 e. The van der Waals surface area contributed by atoms with Gasteiger partial charge in [-0.25, -0.2) is 8.42 Å². The minimum absolute atomic E-state index is 0.142. The molecule has 39 heavy (non-hydrogen) atoms. The van der Waals surface area contributed by atoms with Crippen molar-refractivity contribution in [3.05, 3.63) is 94.5 Å². The molecule has 1 N–H and O–H groups in total. The molecule has 0 saturated carbocycles. The third kappa shape index (κ3) is 9.11. The molecular formula is C29H34BrN3O5S. The molecule has 0 aliphatic rings. The molecule has 0 fully saturated rings. The summed E-state index contributed by atoms with van der Waals surface area (Å²) in [7, 11) is -3.82. The van der Waals surface area contributed by atoms with Crippen molar-refractivity contribution in [3.63, 3.8) is 0 Å². The first-order chi connectivity index (χ1) is 18.6. The molecule has 0 aromatic heterocycles. The second-order valence-electron chi connectivity index (χ2n) is 9.16. The third-order valence-corrected chi connectivity index (χ3v) is 7.64. The quantitative estimate of drug-likeness (QED) is 0.300. The number of halogens is 1. The van der Waals surface area contributed by atoms with Crippen LogP contribution in [0, 0.1) is 0 Å². The van der Waals surface area contributed by atoms with Crippen LogP contribution in [0.4, 0.5) is 5.69 Å². The van der Waals surface area contributed by atoms with Gasteiger partial charge in [0, 0.05) is 17.6 Å². The summed E-state index contributed by atoms with van der Waals surface area (Å²) in [4.78, 5) is 27.8. The van der Waals surface area contributed by atoms with E-state index in [1.807, 2.05) is 61.5 Å². The van der Waals surface area contributed by atoms with Crippen molar-refractivity contribution < 1.29 is 22.7 Å². The molecule has 3 rings (SSSR count). The topological polar surface area (TPSA) is 96.0 Å². The van der Waals surface area contributed by atoms with E-state index in [2.05, 4.69) is 21.2 Å². The van der Waals surface area contributed by atoms with Gasteiger partial charge in [0.1, 0.15) is 24.9 Å². The molecule has 3 aromatic rings. The number of carbonyl (C=O) groups excluding carboxylic acids is 2. The van der Waals surface area contributed by atoms with Gasteiger partial charge in [-0.1, -0.05) is 65.3 Å². The van der Waals surface area contributed by atoms with Gasteiger partial charge in [-0.2, -0.15) is 0 Å². The monoisotopic (exact) mass is 615 g/mol. The first-order valence-electron chi connectivity index (χ1n) is 12.6. The van der Waals surface area contributed by atoms with Crippen molar-refractivity contribution in [2.45, 2.75) is 39.5 Å². The fourth-order valence-corrected chi connectivity index (χ4v) is 5.17. The van der Waals surface area contributed by atoms with Crippen LogP contribution in [0.5, 0.6) is 5.75 Å². The lowest BCUT2D eigenvalue weighted by molar-refractivity contribution is -0.139. The molecule has 3 aromatic carbocycles. The third-order valence-electron chi connectivity index (χ3n) is 6.01. The normalized spacial score (nSPS) is 11.9. The minimum Gasteiger partial charge on any atom is -0.489 e. The maximum absolute atomic E-state index is 13.6. The van der Waals surface area contributed by atoms with E-state index in [1.54, 1.807) is 31.2 Å². The minimum atomic E-state index is -3.82. The molecule has 1 unspecified atom stereocenters. The second-order valence-corrected chi connectivity index (χ2v) is 12.0. The molecule has 0 bridgehead atoms. The van der Waals surface area contributed by atoms with Crippen molar-refractivity contribution in [1.82, 2.24) is 10.2 Å². The first-order valence-corrected chi connectivity index (χ1v) is 15.3. The Morgan fingerprint density at radius 3 is 2.26 bits per heavy atom. The molecule has 2 amide bonds. The van der Waals surface area contributed by atoms with Crippen molar-refractivity contribution in [2.24, 2.45) is 0 Å². The van der Waals surface area contributed by atoms with E-state index in [9.17, 15) is 18.0 Å². The van der Waals surface area contributed by atoms with E-state index < -0.39 is 28.5 Å².